The molecule has 2 aromatic carbocycles. The summed E-state index contributed by atoms with van der Waals surface area (Å²) in [4.78, 5) is 30.5. The Labute approximate surface area is 208 Å². The lowest BCUT2D eigenvalue weighted by molar-refractivity contribution is 0.0173. The summed E-state index contributed by atoms with van der Waals surface area (Å²) in [6, 6.07) is 8.91. The Bertz CT molecular complexity index is 1250. The van der Waals surface area contributed by atoms with E-state index in [1.165, 1.54) is 18.2 Å². The smallest absolute Gasteiger partial charge is 0.417 e. The van der Waals surface area contributed by atoms with Crippen molar-refractivity contribution in [2.45, 2.75) is 24.3 Å². The van der Waals surface area contributed by atoms with Gasteiger partial charge in [0.2, 0.25) is 0 Å². The van der Waals surface area contributed by atoms with E-state index in [4.69, 9.17) is 20.8 Å². The van der Waals surface area contributed by atoms with Crippen molar-refractivity contribution in [1.29, 1.82) is 0 Å². The Hall–Kier alpha value is -2.60. The number of aromatic nitrogens is 1. The standard InChI is InChI=1S/C23H24ClF2N3O5S/c1-23(25,26)16-10-15(11-17(24)12-16)14-33-22(31)29-6-4-28(5-7-29)8-9-35(32)18-2-3-19-20(13-18)34-21(30)27-19/h2-3,10-13H,4-9,14H2,1H3,(H,27,30). The molecule has 35 heavy (non-hydrogen) atoms. The average molecular weight is 528 g/mol. The number of rotatable bonds is 7. The lowest BCUT2D eigenvalue weighted by Gasteiger charge is -2.33. The van der Waals surface area contributed by atoms with E-state index >= 15 is 0 Å². The number of hydrogen-bond acceptors (Lipinski definition) is 6. The molecule has 1 fully saturated rings. The predicted molar refractivity (Wildman–Crippen MR) is 127 cm³/mol. The molecule has 1 atom stereocenters. The molecule has 1 aliphatic rings. The number of piperazine rings is 1. The lowest BCUT2D eigenvalue weighted by atomic mass is 10.1. The van der Waals surface area contributed by atoms with Crippen molar-refractivity contribution in [3.05, 3.63) is 63.1 Å². The minimum Gasteiger partial charge on any atom is -0.611 e. The molecule has 4 rings (SSSR count). The zero-order chi connectivity index (χ0) is 25.2. The van der Waals surface area contributed by atoms with E-state index in [0.29, 0.717) is 60.0 Å². The molecule has 0 saturated carbocycles. The van der Waals surface area contributed by atoms with E-state index < -0.39 is 28.9 Å². The Balaban J connectivity index is 1.23. The second kappa shape index (κ2) is 10.6. The molecular weight excluding hydrogens is 504 g/mol. The summed E-state index contributed by atoms with van der Waals surface area (Å²) in [5.74, 6) is -3.21. The van der Waals surface area contributed by atoms with Crippen LogP contribution in [-0.4, -0.2) is 63.9 Å². The van der Waals surface area contributed by atoms with Crippen molar-refractivity contribution in [1.82, 2.24) is 14.8 Å². The first-order valence-electron chi connectivity index (χ1n) is 10.9. The Kier molecular flexibility index (Phi) is 7.70. The maximum absolute atomic E-state index is 13.6. The number of benzene rings is 2. The number of alkyl halides is 2. The maximum Gasteiger partial charge on any atom is 0.417 e. The summed E-state index contributed by atoms with van der Waals surface area (Å²) in [6.45, 7) is 3.22. The highest BCUT2D eigenvalue weighted by Gasteiger charge is 2.26. The summed E-state index contributed by atoms with van der Waals surface area (Å²) >= 11 is 4.65. The number of nitrogens with zero attached hydrogens (tertiary/aromatic N) is 2. The summed E-state index contributed by atoms with van der Waals surface area (Å²) < 4.78 is 50.2. The maximum atomic E-state index is 13.6. The molecule has 12 heteroatoms. The van der Waals surface area contributed by atoms with Crippen molar-refractivity contribution < 1.29 is 27.3 Å². The Morgan fingerprint density at radius 2 is 1.97 bits per heavy atom. The molecular formula is C23H24ClF2N3O5S. The fourth-order valence-corrected chi connectivity index (χ4v) is 5.15. The second-order valence-corrected chi connectivity index (χ2v) is 10.3. The third kappa shape index (κ3) is 6.54. The predicted octanol–water partition coefficient (Wildman–Crippen LogP) is 3.95. The van der Waals surface area contributed by atoms with Gasteiger partial charge >= 0.3 is 11.8 Å². The van der Waals surface area contributed by atoms with Crippen LogP contribution in [0.2, 0.25) is 5.02 Å². The van der Waals surface area contributed by atoms with Crippen molar-refractivity contribution in [2.24, 2.45) is 0 Å². The van der Waals surface area contributed by atoms with Gasteiger partial charge < -0.3 is 18.6 Å². The molecule has 1 unspecified atom stereocenters. The lowest BCUT2D eigenvalue weighted by Crippen LogP contribution is -2.49. The normalized spacial score (nSPS) is 16.0. The van der Waals surface area contributed by atoms with E-state index in [1.807, 2.05) is 0 Å². The largest absolute Gasteiger partial charge is 0.611 e. The van der Waals surface area contributed by atoms with Gasteiger partial charge in [-0.1, -0.05) is 11.6 Å². The van der Waals surface area contributed by atoms with Gasteiger partial charge in [0.15, 0.2) is 10.5 Å². The SMILES string of the molecule is CC(F)(F)c1cc(Cl)cc(COC(=O)N2CCN(CC[S+]([O-])c3ccc4[nH]c(=O)oc4c3)CC2)c1. The van der Waals surface area contributed by atoms with Crippen molar-refractivity contribution in [2.75, 3.05) is 38.5 Å². The first-order chi connectivity index (χ1) is 16.6. The number of carbonyl (C=O) groups excluding carboxylic acids is 1. The number of ether oxygens (including phenoxy) is 1. The van der Waals surface area contributed by atoms with Crippen molar-refractivity contribution >= 4 is 40.0 Å². The van der Waals surface area contributed by atoms with Crippen LogP contribution in [0.3, 0.4) is 0 Å². The number of H-pyrrole nitrogens is 1. The summed E-state index contributed by atoms with van der Waals surface area (Å²) in [5.41, 5.74) is 1.07. The van der Waals surface area contributed by atoms with Gasteiger partial charge in [-0.3, -0.25) is 9.88 Å². The number of halogens is 3. The van der Waals surface area contributed by atoms with Crippen LogP contribution in [0.25, 0.3) is 11.1 Å². The molecule has 0 radical (unpaired) electrons. The number of amides is 1. The highest BCUT2D eigenvalue weighted by atomic mass is 35.5. The summed E-state index contributed by atoms with van der Waals surface area (Å²) in [5, 5.41) is 0.152. The van der Waals surface area contributed by atoms with Gasteiger partial charge in [0, 0.05) is 56.3 Å². The molecule has 8 nitrogen and oxygen atoms in total. The van der Waals surface area contributed by atoms with E-state index in [0.717, 1.165) is 6.92 Å². The summed E-state index contributed by atoms with van der Waals surface area (Å²) in [7, 11) is 0. The topological polar surface area (TPSA) is 102 Å². The van der Waals surface area contributed by atoms with Crippen LogP contribution in [0, 0.1) is 0 Å². The second-order valence-electron chi connectivity index (χ2n) is 8.34. The molecule has 1 N–H and O–H groups in total. The van der Waals surface area contributed by atoms with Crippen molar-refractivity contribution in [3.63, 3.8) is 0 Å². The van der Waals surface area contributed by atoms with Crippen LogP contribution < -0.4 is 5.76 Å². The number of aromatic amines is 1. The average Bonchev–Trinajstić information content (AvgIpc) is 3.19. The van der Waals surface area contributed by atoms with Gasteiger partial charge in [-0.2, -0.15) is 0 Å². The van der Waals surface area contributed by atoms with Crippen LogP contribution >= 0.6 is 11.6 Å². The highest BCUT2D eigenvalue weighted by molar-refractivity contribution is 7.91. The van der Waals surface area contributed by atoms with E-state index in [-0.39, 0.29) is 17.2 Å². The quantitative estimate of drug-likeness (QED) is 0.467. The Morgan fingerprint density at radius 3 is 2.69 bits per heavy atom. The molecule has 0 aliphatic carbocycles. The number of oxazole rings is 1. The molecule has 1 saturated heterocycles. The van der Waals surface area contributed by atoms with Crippen LogP contribution in [-0.2, 0) is 28.4 Å². The molecule has 1 aromatic heterocycles. The zero-order valence-electron chi connectivity index (χ0n) is 18.9. The number of hydrogen-bond donors (Lipinski definition) is 1. The van der Waals surface area contributed by atoms with Crippen LogP contribution in [0.1, 0.15) is 18.1 Å². The molecule has 3 aromatic rings. The van der Waals surface area contributed by atoms with Crippen molar-refractivity contribution in [3.8, 4) is 0 Å². The van der Waals surface area contributed by atoms with Crippen LogP contribution in [0.15, 0.2) is 50.5 Å². The van der Waals surface area contributed by atoms with Crippen LogP contribution in [0.5, 0.6) is 0 Å². The third-order valence-corrected chi connectivity index (χ3v) is 7.26. The third-order valence-electron chi connectivity index (χ3n) is 5.71. The van der Waals surface area contributed by atoms with Gasteiger partial charge in [-0.05, 0) is 47.1 Å². The number of nitrogens with one attached hydrogen (secondary N) is 1. The molecule has 0 bridgehead atoms. The Morgan fingerprint density at radius 1 is 1.23 bits per heavy atom. The number of fused-ring (bicyclic) bond motifs is 1. The van der Waals surface area contributed by atoms with Gasteiger partial charge in [0.05, 0.1) is 5.52 Å². The van der Waals surface area contributed by atoms with Gasteiger partial charge in [0.1, 0.15) is 12.4 Å². The zero-order valence-corrected chi connectivity index (χ0v) is 20.5. The monoisotopic (exact) mass is 527 g/mol. The summed E-state index contributed by atoms with van der Waals surface area (Å²) in [6.07, 6.45) is -0.528. The van der Waals surface area contributed by atoms with Crippen LogP contribution in [0.4, 0.5) is 13.6 Å². The van der Waals surface area contributed by atoms with E-state index in [2.05, 4.69) is 9.88 Å². The molecule has 0 spiro atoms. The molecule has 1 amide bonds. The van der Waals surface area contributed by atoms with E-state index in [9.17, 15) is 22.9 Å². The van der Waals surface area contributed by atoms with Gasteiger partial charge in [0.25, 0.3) is 5.92 Å². The first kappa shape index (κ1) is 25.5. The van der Waals surface area contributed by atoms with Gasteiger partial charge in [-0.25, -0.2) is 18.4 Å². The minimum absolute atomic E-state index is 0.152. The number of carbonyl (C=O) groups is 1. The fourth-order valence-electron chi connectivity index (χ4n) is 3.77. The highest BCUT2D eigenvalue weighted by Crippen LogP contribution is 2.30. The minimum atomic E-state index is -3.05. The molecule has 2 heterocycles. The van der Waals surface area contributed by atoms with Gasteiger partial charge in [-0.15, -0.1) is 0 Å². The fraction of sp³-hybridized carbons (Fsp3) is 0.391. The first-order valence-corrected chi connectivity index (χ1v) is 12.6. The van der Waals surface area contributed by atoms with E-state index in [1.54, 1.807) is 23.1 Å². The molecule has 1 aliphatic heterocycles. The molecule has 188 valence electrons.